The van der Waals surface area contributed by atoms with Crippen molar-refractivity contribution in [3.8, 4) is 0 Å². The quantitative estimate of drug-likeness (QED) is 0.444. The number of hydrogen-bond donors (Lipinski definition) is 2. The Morgan fingerprint density at radius 1 is 1.10 bits per heavy atom. The van der Waals surface area contributed by atoms with E-state index in [-0.39, 0.29) is 11.9 Å². The minimum atomic E-state index is -5.08. The van der Waals surface area contributed by atoms with Crippen molar-refractivity contribution >= 4 is 34.8 Å². The molecule has 1 aliphatic heterocycles. The third-order valence-corrected chi connectivity index (χ3v) is 6.97. The molecule has 1 unspecified atom stereocenters. The fourth-order valence-electron chi connectivity index (χ4n) is 4.54. The Labute approximate surface area is 228 Å². The van der Waals surface area contributed by atoms with Gasteiger partial charge in [0.2, 0.25) is 0 Å². The molecule has 0 bridgehead atoms. The summed E-state index contributed by atoms with van der Waals surface area (Å²) in [5, 5.41) is 19.7. The average Bonchev–Trinajstić information content (AvgIpc) is 3.59. The van der Waals surface area contributed by atoms with Crippen molar-refractivity contribution in [1.29, 1.82) is 0 Å². The summed E-state index contributed by atoms with van der Waals surface area (Å²) in [5.74, 6) is -1.17. The summed E-state index contributed by atoms with van der Waals surface area (Å²) in [6.07, 6.45) is -0.516. The van der Waals surface area contributed by atoms with Crippen LogP contribution in [0.5, 0.6) is 0 Å². The molecule has 3 heterocycles. The first kappa shape index (κ1) is 28.8. The molecule has 1 saturated heterocycles. The van der Waals surface area contributed by atoms with Gasteiger partial charge in [-0.15, -0.1) is 10.2 Å². The molecule has 1 saturated carbocycles. The maximum absolute atomic E-state index is 12.9. The fraction of sp³-hybridized carbons (Fsp3) is 0.462. The highest BCUT2D eigenvalue weighted by atomic mass is 35.5. The van der Waals surface area contributed by atoms with Gasteiger partial charge in [0, 0.05) is 49.1 Å². The smallest absolute Gasteiger partial charge is 0.475 e. The average molecular weight is 567 g/mol. The second-order valence-electron chi connectivity index (χ2n) is 10.0. The number of alkyl halides is 3. The lowest BCUT2D eigenvalue weighted by Gasteiger charge is -2.42. The normalized spacial score (nSPS) is 18.6. The Bertz CT molecular complexity index is 1310. The standard InChI is InChI=1S/C24H29ClN6O.C2HF3O2/c1-16(2)30-12-11-29(13-17-3-4-17)15-21(30)23-28-27-22-10-5-18(14-31(22)23)24(32)26-20-8-6-19(25)7-9-20;3-2(4,5)1(6)7/h5-10,14,16-17,21H,3-4,11-13,15H2,1-2H3,(H,26,32);(H,6,7). The number of carboxylic acid groups (broad SMARTS) is 1. The molecule has 1 aliphatic carbocycles. The van der Waals surface area contributed by atoms with E-state index in [9.17, 15) is 18.0 Å². The van der Waals surface area contributed by atoms with Gasteiger partial charge in [-0.1, -0.05) is 11.6 Å². The number of nitrogens with one attached hydrogen (secondary N) is 1. The van der Waals surface area contributed by atoms with Crippen molar-refractivity contribution < 1.29 is 27.9 Å². The van der Waals surface area contributed by atoms with Crippen molar-refractivity contribution in [2.75, 3.05) is 31.5 Å². The number of benzene rings is 1. The molecule has 0 radical (unpaired) electrons. The molecular weight excluding hydrogens is 537 g/mol. The van der Waals surface area contributed by atoms with E-state index in [0.29, 0.717) is 22.3 Å². The molecule has 3 aromatic rings. The van der Waals surface area contributed by atoms with Gasteiger partial charge in [0.25, 0.3) is 5.91 Å². The molecule has 210 valence electrons. The fourth-order valence-corrected chi connectivity index (χ4v) is 4.67. The van der Waals surface area contributed by atoms with Crippen LogP contribution in [0.2, 0.25) is 5.02 Å². The number of rotatable bonds is 6. The lowest BCUT2D eigenvalue weighted by atomic mass is 10.1. The van der Waals surface area contributed by atoms with Gasteiger partial charge < -0.3 is 10.4 Å². The first-order valence-electron chi connectivity index (χ1n) is 12.6. The maximum atomic E-state index is 12.9. The van der Waals surface area contributed by atoms with Crippen molar-refractivity contribution in [3.05, 3.63) is 59.0 Å². The zero-order chi connectivity index (χ0) is 28.3. The van der Waals surface area contributed by atoms with E-state index in [0.717, 1.165) is 37.0 Å². The van der Waals surface area contributed by atoms with Crippen LogP contribution < -0.4 is 5.32 Å². The lowest BCUT2D eigenvalue weighted by Crippen LogP contribution is -2.51. The predicted octanol–water partition coefficient (Wildman–Crippen LogP) is 4.75. The number of carbonyl (C=O) groups is 2. The van der Waals surface area contributed by atoms with Gasteiger partial charge in [0.15, 0.2) is 11.5 Å². The minimum Gasteiger partial charge on any atom is -0.475 e. The Morgan fingerprint density at radius 2 is 1.77 bits per heavy atom. The van der Waals surface area contributed by atoms with Gasteiger partial charge in [-0.2, -0.15) is 13.2 Å². The van der Waals surface area contributed by atoms with Crippen molar-refractivity contribution in [1.82, 2.24) is 24.4 Å². The number of fused-ring (bicyclic) bond motifs is 1. The van der Waals surface area contributed by atoms with Crippen molar-refractivity contribution in [2.45, 2.75) is 44.9 Å². The number of halogens is 4. The summed E-state index contributed by atoms with van der Waals surface area (Å²) < 4.78 is 33.7. The number of nitrogens with zero attached hydrogens (tertiary/aromatic N) is 5. The molecule has 5 rings (SSSR count). The van der Waals surface area contributed by atoms with E-state index in [1.54, 1.807) is 30.3 Å². The van der Waals surface area contributed by atoms with E-state index < -0.39 is 12.1 Å². The molecule has 2 fully saturated rings. The molecule has 2 aliphatic rings. The van der Waals surface area contributed by atoms with Crippen LogP contribution in [0.4, 0.5) is 18.9 Å². The van der Waals surface area contributed by atoms with E-state index >= 15 is 0 Å². The van der Waals surface area contributed by atoms with Crippen LogP contribution in [0.3, 0.4) is 0 Å². The number of carbonyl (C=O) groups excluding carboxylic acids is 1. The highest BCUT2D eigenvalue weighted by Crippen LogP contribution is 2.33. The number of aromatic nitrogens is 3. The van der Waals surface area contributed by atoms with E-state index in [2.05, 4.69) is 39.2 Å². The second-order valence-corrected chi connectivity index (χ2v) is 10.5. The number of carboxylic acids is 1. The van der Waals surface area contributed by atoms with E-state index in [1.165, 1.54) is 19.4 Å². The summed E-state index contributed by atoms with van der Waals surface area (Å²) in [6.45, 7) is 8.69. The highest BCUT2D eigenvalue weighted by molar-refractivity contribution is 6.30. The number of amides is 1. The van der Waals surface area contributed by atoms with Gasteiger partial charge in [-0.3, -0.25) is 19.0 Å². The Balaban J connectivity index is 0.000000448. The van der Waals surface area contributed by atoms with Crippen LogP contribution in [-0.4, -0.2) is 79.8 Å². The molecule has 39 heavy (non-hydrogen) atoms. The number of piperazine rings is 1. The molecule has 2 aromatic heterocycles. The van der Waals surface area contributed by atoms with Gasteiger partial charge in [-0.05, 0) is 69.0 Å². The second kappa shape index (κ2) is 11.9. The third-order valence-electron chi connectivity index (χ3n) is 6.72. The largest absolute Gasteiger partial charge is 0.490 e. The van der Waals surface area contributed by atoms with Crippen molar-refractivity contribution in [3.63, 3.8) is 0 Å². The summed E-state index contributed by atoms with van der Waals surface area (Å²) >= 11 is 5.95. The van der Waals surface area contributed by atoms with E-state index in [1.807, 2.05) is 16.7 Å². The maximum Gasteiger partial charge on any atom is 0.490 e. The molecule has 13 heteroatoms. The lowest BCUT2D eigenvalue weighted by molar-refractivity contribution is -0.192. The van der Waals surface area contributed by atoms with Gasteiger partial charge >= 0.3 is 12.1 Å². The molecule has 1 atom stereocenters. The Kier molecular flexibility index (Phi) is 8.77. The monoisotopic (exact) mass is 566 g/mol. The number of anilines is 1. The topological polar surface area (TPSA) is 103 Å². The van der Waals surface area contributed by atoms with Gasteiger partial charge in [0.1, 0.15) is 0 Å². The number of pyridine rings is 1. The Hall–Kier alpha value is -3.22. The van der Waals surface area contributed by atoms with E-state index in [4.69, 9.17) is 21.5 Å². The van der Waals surface area contributed by atoms with Crippen LogP contribution >= 0.6 is 11.6 Å². The predicted molar refractivity (Wildman–Crippen MR) is 140 cm³/mol. The molecular formula is C26H30ClF3N6O3. The first-order valence-corrected chi connectivity index (χ1v) is 13.0. The summed E-state index contributed by atoms with van der Waals surface area (Å²) in [4.78, 5) is 26.9. The summed E-state index contributed by atoms with van der Waals surface area (Å²) in [7, 11) is 0. The van der Waals surface area contributed by atoms with Crippen LogP contribution in [0.25, 0.3) is 5.65 Å². The van der Waals surface area contributed by atoms with Gasteiger partial charge in [0.05, 0.1) is 11.6 Å². The number of hydrogen-bond acceptors (Lipinski definition) is 6. The van der Waals surface area contributed by atoms with Crippen LogP contribution in [0.1, 0.15) is 48.9 Å². The zero-order valence-electron chi connectivity index (χ0n) is 21.5. The molecule has 2 N–H and O–H groups in total. The molecule has 1 amide bonds. The molecule has 9 nitrogen and oxygen atoms in total. The Morgan fingerprint density at radius 3 is 2.36 bits per heavy atom. The highest BCUT2D eigenvalue weighted by Gasteiger charge is 2.38. The van der Waals surface area contributed by atoms with Crippen LogP contribution in [0.15, 0.2) is 42.6 Å². The van der Waals surface area contributed by atoms with Crippen LogP contribution in [0, 0.1) is 5.92 Å². The van der Waals surface area contributed by atoms with Gasteiger partial charge in [-0.25, -0.2) is 4.79 Å². The van der Waals surface area contributed by atoms with Crippen molar-refractivity contribution in [2.24, 2.45) is 5.92 Å². The molecule has 1 aromatic carbocycles. The van der Waals surface area contributed by atoms with Crippen LogP contribution in [-0.2, 0) is 4.79 Å². The minimum absolute atomic E-state index is 0.145. The number of aliphatic carboxylic acids is 1. The SMILES string of the molecule is CC(C)N1CCN(CC2CC2)CC1c1nnc2ccc(C(=O)Nc3ccc(Cl)cc3)cn12.O=C(O)C(F)(F)F. The summed E-state index contributed by atoms with van der Waals surface area (Å²) in [6, 6.07) is 11.3. The zero-order valence-corrected chi connectivity index (χ0v) is 22.3. The first-order chi connectivity index (χ1) is 18.4. The summed E-state index contributed by atoms with van der Waals surface area (Å²) in [5.41, 5.74) is 2.03. The third kappa shape index (κ3) is 7.46. The molecule has 0 spiro atoms.